The first-order valence-electron chi connectivity index (χ1n) is 8.52. The molecule has 1 aliphatic rings. The Morgan fingerprint density at radius 1 is 1.25 bits per heavy atom. The largest absolute Gasteiger partial charge is 0.454 e. The molecule has 2 N–H and O–H groups in total. The van der Waals surface area contributed by atoms with Crippen molar-refractivity contribution in [2.75, 3.05) is 18.5 Å². The van der Waals surface area contributed by atoms with Crippen LogP contribution in [0.3, 0.4) is 0 Å². The monoisotopic (exact) mass is 401 g/mol. The Bertz CT molecular complexity index is 980. The minimum Gasteiger partial charge on any atom is -0.454 e. The quantitative estimate of drug-likeness (QED) is 0.721. The van der Waals surface area contributed by atoms with Crippen LogP contribution in [0.2, 0.25) is 0 Å². The summed E-state index contributed by atoms with van der Waals surface area (Å²) in [5.41, 5.74) is 1.26. The van der Waals surface area contributed by atoms with Gasteiger partial charge in [0.25, 0.3) is 11.8 Å². The van der Waals surface area contributed by atoms with E-state index < -0.39 is 36.8 Å². The van der Waals surface area contributed by atoms with Crippen LogP contribution in [0.15, 0.2) is 24.3 Å². The molecule has 2 amide bonds. The van der Waals surface area contributed by atoms with Crippen molar-refractivity contribution in [2.45, 2.75) is 19.3 Å². The maximum atomic E-state index is 13.5. The molecule has 144 valence electrons. The van der Waals surface area contributed by atoms with Gasteiger partial charge in [-0.25, -0.2) is 4.39 Å². The third kappa shape index (κ3) is 4.35. The van der Waals surface area contributed by atoms with E-state index in [1.807, 2.05) is 0 Å². The highest BCUT2D eigenvalue weighted by Gasteiger charge is 2.23. The highest BCUT2D eigenvalue weighted by molar-refractivity contribution is 7.16. The molecule has 1 aromatic carbocycles. The lowest BCUT2D eigenvalue weighted by Crippen LogP contribution is -2.32. The number of halogens is 1. The molecule has 0 bridgehead atoms. The van der Waals surface area contributed by atoms with Crippen LogP contribution >= 0.6 is 11.3 Å². The summed E-state index contributed by atoms with van der Waals surface area (Å²) >= 11 is 1.36. The second kappa shape index (κ2) is 8.63. The van der Waals surface area contributed by atoms with Gasteiger partial charge in [-0.3, -0.25) is 14.4 Å². The molecule has 3 rings (SSSR count). The zero-order valence-electron chi connectivity index (χ0n) is 14.7. The van der Waals surface area contributed by atoms with Crippen molar-refractivity contribution in [1.29, 1.82) is 5.26 Å². The lowest BCUT2D eigenvalue weighted by molar-refractivity contribution is -0.146. The van der Waals surface area contributed by atoms with Crippen molar-refractivity contribution in [3.05, 3.63) is 51.7 Å². The van der Waals surface area contributed by atoms with E-state index in [4.69, 9.17) is 4.74 Å². The van der Waals surface area contributed by atoms with Crippen molar-refractivity contribution in [3.8, 4) is 6.07 Å². The Hall–Kier alpha value is -3.25. The molecule has 0 aliphatic heterocycles. The first kappa shape index (κ1) is 19.5. The maximum Gasteiger partial charge on any atom is 0.325 e. The van der Waals surface area contributed by atoms with E-state index in [9.17, 15) is 24.0 Å². The highest BCUT2D eigenvalue weighted by atomic mass is 32.1. The van der Waals surface area contributed by atoms with Crippen LogP contribution in [0.5, 0.6) is 0 Å². The van der Waals surface area contributed by atoms with E-state index in [1.54, 1.807) is 0 Å². The predicted molar refractivity (Wildman–Crippen MR) is 99.4 cm³/mol. The van der Waals surface area contributed by atoms with E-state index in [2.05, 4.69) is 16.7 Å². The summed E-state index contributed by atoms with van der Waals surface area (Å²) in [5.74, 6) is -2.88. The molecule has 0 spiro atoms. The summed E-state index contributed by atoms with van der Waals surface area (Å²) in [6.45, 7) is -1.06. The molecule has 0 unspecified atom stereocenters. The smallest absolute Gasteiger partial charge is 0.325 e. The standard InChI is InChI=1S/C19H16FN3O4S/c20-14-6-2-1-4-12(14)18(26)22-9-17(25)27-10-16(24)23-19-13(8-21)11-5-3-7-15(11)28-19/h1-2,4,6H,3,5,7,9-10H2,(H,22,26)(H,23,24). The number of carbonyl (C=O) groups is 3. The van der Waals surface area contributed by atoms with Gasteiger partial charge in [0.05, 0.1) is 11.1 Å². The van der Waals surface area contributed by atoms with Crippen LogP contribution in [0, 0.1) is 17.1 Å². The molecule has 0 radical (unpaired) electrons. The van der Waals surface area contributed by atoms with Gasteiger partial charge in [0.15, 0.2) is 6.61 Å². The molecular formula is C19H16FN3O4S. The molecule has 28 heavy (non-hydrogen) atoms. The van der Waals surface area contributed by atoms with Crippen LogP contribution in [-0.4, -0.2) is 30.9 Å². The summed E-state index contributed by atoms with van der Waals surface area (Å²) < 4.78 is 18.3. The van der Waals surface area contributed by atoms with Crippen LogP contribution in [-0.2, 0) is 27.2 Å². The van der Waals surface area contributed by atoms with E-state index in [-0.39, 0.29) is 5.56 Å². The number of anilines is 1. The molecule has 7 nitrogen and oxygen atoms in total. The second-order valence-corrected chi connectivity index (χ2v) is 7.15. The van der Waals surface area contributed by atoms with Crippen LogP contribution < -0.4 is 10.6 Å². The van der Waals surface area contributed by atoms with Gasteiger partial charge in [0.2, 0.25) is 0 Å². The van der Waals surface area contributed by atoms with Gasteiger partial charge < -0.3 is 15.4 Å². The SMILES string of the molecule is N#Cc1c(NC(=O)COC(=O)CNC(=O)c2ccccc2F)sc2c1CCC2. The molecule has 1 aromatic heterocycles. The van der Waals surface area contributed by atoms with Crippen molar-refractivity contribution in [1.82, 2.24) is 5.32 Å². The number of carbonyl (C=O) groups excluding carboxylic acids is 3. The zero-order chi connectivity index (χ0) is 20.1. The number of hydrogen-bond acceptors (Lipinski definition) is 6. The highest BCUT2D eigenvalue weighted by Crippen LogP contribution is 2.38. The number of aryl methyl sites for hydroxylation is 1. The first-order valence-corrected chi connectivity index (χ1v) is 9.34. The Balaban J connectivity index is 1.46. The van der Waals surface area contributed by atoms with Crippen LogP contribution in [0.1, 0.15) is 32.8 Å². The number of esters is 1. The summed E-state index contributed by atoms with van der Waals surface area (Å²) in [6.07, 6.45) is 2.71. The minimum atomic E-state index is -0.839. The number of thiophene rings is 1. The fourth-order valence-corrected chi connectivity index (χ4v) is 4.12. The van der Waals surface area contributed by atoms with Gasteiger partial charge in [0.1, 0.15) is 23.4 Å². The number of nitrogens with one attached hydrogen (secondary N) is 2. The molecule has 2 aromatic rings. The molecule has 0 fully saturated rings. The summed E-state index contributed by atoms with van der Waals surface area (Å²) in [4.78, 5) is 36.6. The second-order valence-electron chi connectivity index (χ2n) is 6.04. The molecule has 1 heterocycles. The van der Waals surface area contributed by atoms with Crippen molar-refractivity contribution in [2.24, 2.45) is 0 Å². The van der Waals surface area contributed by atoms with Gasteiger partial charge >= 0.3 is 5.97 Å². The topological polar surface area (TPSA) is 108 Å². The zero-order valence-corrected chi connectivity index (χ0v) is 15.5. The Labute approximate surface area is 164 Å². The number of nitriles is 1. The summed E-state index contributed by atoms with van der Waals surface area (Å²) in [6, 6.07) is 7.47. The third-order valence-corrected chi connectivity index (χ3v) is 5.37. The van der Waals surface area contributed by atoms with Gasteiger partial charge in [-0.2, -0.15) is 5.26 Å². The molecule has 1 aliphatic carbocycles. The van der Waals surface area contributed by atoms with Crippen molar-refractivity contribution < 1.29 is 23.5 Å². The fourth-order valence-electron chi connectivity index (χ4n) is 2.86. The maximum absolute atomic E-state index is 13.5. The summed E-state index contributed by atoms with van der Waals surface area (Å²) in [5, 5.41) is 14.6. The van der Waals surface area contributed by atoms with Gasteiger partial charge in [-0.1, -0.05) is 12.1 Å². The molecule has 0 saturated heterocycles. The average Bonchev–Trinajstić information content (AvgIpc) is 3.25. The Morgan fingerprint density at radius 3 is 2.79 bits per heavy atom. The number of nitrogens with zero attached hydrogens (tertiary/aromatic N) is 1. The first-order chi connectivity index (χ1) is 13.5. The van der Waals surface area contributed by atoms with Crippen molar-refractivity contribution in [3.63, 3.8) is 0 Å². The number of fused-ring (bicyclic) bond motifs is 1. The van der Waals surface area contributed by atoms with Gasteiger partial charge in [0, 0.05) is 4.88 Å². The van der Waals surface area contributed by atoms with Gasteiger partial charge in [-0.05, 0) is 37.0 Å². The van der Waals surface area contributed by atoms with E-state index in [1.165, 1.54) is 29.5 Å². The fraction of sp³-hybridized carbons (Fsp3) is 0.263. The number of amides is 2. The van der Waals surface area contributed by atoms with Gasteiger partial charge in [-0.15, -0.1) is 11.3 Å². The number of hydrogen-bond donors (Lipinski definition) is 2. The van der Waals surface area contributed by atoms with E-state index in [0.717, 1.165) is 35.8 Å². The molecule has 9 heteroatoms. The average molecular weight is 401 g/mol. The minimum absolute atomic E-state index is 0.192. The lowest BCUT2D eigenvalue weighted by atomic mass is 10.1. The number of rotatable bonds is 6. The molecule has 0 saturated carbocycles. The number of benzene rings is 1. The lowest BCUT2D eigenvalue weighted by Gasteiger charge is -2.07. The Morgan fingerprint density at radius 2 is 2.04 bits per heavy atom. The normalized spacial score (nSPS) is 12.0. The van der Waals surface area contributed by atoms with E-state index >= 15 is 0 Å². The summed E-state index contributed by atoms with van der Waals surface area (Å²) in [7, 11) is 0. The Kier molecular flexibility index (Phi) is 6.01. The van der Waals surface area contributed by atoms with Crippen LogP contribution in [0.4, 0.5) is 9.39 Å². The molecule has 0 atom stereocenters. The molecular weight excluding hydrogens is 385 g/mol. The third-order valence-electron chi connectivity index (χ3n) is 4.16. The van der Waals surface area contributed by atoms with Crippen LogP contribution in [0.25, 0.3) is 0 Å². The predicted octanol–water partition coefficient (Wildman–Crippen LogP) is 2.16. The van der Waals surface area contributed by atoms with E-state index in [0.29, 0.717) is 10.6 Å². The van der Waals surface area contributed by atoms with Crippen molar-refractivity contribution >= 4 is 34.1 Å². The number of ether oxygens (including phenoxy) is 1.